The smallest absolute Gasteiger partial charge is 0.225 e. The summed E-state index contributed by atoms with van der Waals surface area (Å²) in [5, 5.41) is 14.4. The second-order valence-corrected chi connectivity index (χ2v) is 8.90. The predicted molar refractivity (Wildman–Crippen MR) is 126 cm³/mol. The maximum Gasteiger partial charge on any atom is 0.225 e. The molecule has 1 saturated carbocycles. The van der Waals surface area contributed by atoms with E-state index in [2.05, 4.69) is 35.7 Å². The number of rotatable bonds is 9. The lowest BCUT2D eigenvalue weighted by Gasteiger charge is -2.29. The summed E-state index contributed by atoms with van der Waals surface area (Å²) in [5.41, 5.74) is 2.10. The van der Waals surface area contributed by atoms with Gasteiger partial charge in [-0.2, -0.15) is 10.1 Å². The Morgan fingerprint density at radius 3 is 2.76 bits per heavy atom. The Morgan fingerprint density at radius 1 is 1.21 bits per heavy atom. The van der Waals surface area contributed by atoms with E-state index in [-0.39, 0.29) is 11.9 Å². The average Bonchev–Trinajstić information content (AvgIpc) is 3.59. The number of ether oxygens (including phenoxy) is 1. The van der Waals surface area contributed by atoms with Gasteiger partial charge in [0.15, 0.2) is 11.6 Å². The second kappa shape index (κ2) is 10.0. The summed E-state index contributed by atoms with van der Waals surface area (Å²) >= 11 is 6.35. The molecule has 0 bridgehead atoms. The highest BCUT2D eigenvalue weighted by Crippen LogP contribution is 2.39. The van der Waals surface area contributed by atoms with Crippen LogP contribution in [0.1, 0.15) is 42.5 Å². The van der Waals surface area contributed by atoms with Crippen molar-refractivity contribution in [3.63, 3.8) is 0 Å². The molecule has 1 saturated heterocycles. The van der Waals surface area contributed by atoms with E-state index in [0.29, 0.717) is 28.5 Å². The Bertz CT molecular complexity index is 1070. The van der Waals surface area contributed by atoms with E-state index in [0.717, 1.165) is 50.5 Å². The molecule has 0 unspecified atom stereocenters. The summed E-state index contributed by atoms with van der Waals surface area (Å²) in [7, 11) is 0. The fourth-order valence-electron chi connectivity index (χ4n) is 3.96. The van der Waals surface area contributed by atoms with Crippen molar-refractivity contribution < 1.29 is 9.13 Å². The van der Waals surface area contributed by atoms with E-state index in [1.807, 2.05) is 6.07 Å². The number of aromatic nitrogens is 4. The molecule has 174 valence electrons. The van der Waals surface area contributed by atoms with Crippen LogP contribution in [0.5, 0.6) is 0 Å². The molecule has 1 atom stereocenters. The van der Waals surface area contributed by atoms with E-state index in [1.54, 1.807) is 18.3 Å². The van der Waals surface area contributed by atoms with Crippen molar-refractivity contribution in [2.75, 3.05) is 43.5 Å². The minimum absolute atomic E-state index is 0.0886. The Labute approximate surface area is 196 Å². The Kier molecular flexibility index (Phi) is 6.70. The molecule has 2 aromatic heterocycles. The molecule has 33 heavy (non-hydrogen) atoms. The summed E-state index contributed by atoms with van der Waals surface area (Å²) in [6.07, 6.45) is 4.76. The van der Waals surface area contributed by atoms with E-state index >= 15 is 0 Å². The number of morpholine rings is 1. The average molecular weight is 472 g/mol. The van der Waals surface area contributed by atoms with Crippen LogP contribution in [-0.2, 0) is 4.74 Å². The highest BCUT2D eigenvalue weighted by Gasteiger charge is 2.25. The summed E-state index contributed by atoms with van der Waals surface area (Å²) in [6, 6.07) is 8.45. The Morgan fingerprint density at radius 2 is 2.00 bits per heavy atom. The van der Waals surface area contributed by atoms with Crippen molar-refractivity contribution >= 4 is 29.2 Å². The quantitative estimate of drug-likeness (QED) is 0.423. The first-order valence-corrected chi connectivity index (χ1v) is 11.7. The fourth-order valence-corrected chi connectivity index (χ4v) is 4.10. The maximum absolute atomic E-state index is 13.5. The highest BCUT2D eigenvalue weighted by molar-refractivity contribution is 6.32. The van der Waals surface area contributed by atoms with Gasteiger partial charge >= 0.3 is 0 Å². The molecule has 2 aliphatic rings. The third-order valence-electron chi connectivity index (χ3n) is 6.02. The van der Waals surface area contributed by atoms with Gasteiger partial charge in [-0.1, -0.05) is 23.7 Å². The van der Waals surface area contributed by atoms with Gasteiger partial charge in [-0.25, -0.2) is 9.37 Å². The molecular formula is C23H27ClFN7O. The van der Waals surface area contributed by atoms with Crippen LogP contribution >= 0.6 is 11.6 Å². The van der Waals surface area contributed by atoms with Crippen molar-refractivity contribution in [1.29, 1.82) is 0 Å². The molecule has 0 amide bonds. The topological polar surface area (TPSA) is 91.0 Å². The number of hydrogen-bond donors (Lipinski definition) is 3. The molecule has 2 fully saturated rings. The number of anilines is 3. The summed E-state index contributed by atoms with van der Waals surface area (Å²) in [6.45, 7) is 4.20. The first-order chi connectivity index (χ1) is 16.1. The van der Waals surface area contributed by atoms with Gasteiger partial charge in [0, 0.05) is 37.3 Å². The highest BCUT2D eigenvalue weighted by atomic mass is 35.5. The zero-order valence-corrected chi connectivity index (χ0v) is 19.0. The molecule has 1 aliphatic carbocycles. The van der Waals surface area contributed by atoms with Gasteiger partial charge in [0.25, 0.3) is 0 Å². The van der Waals surface area contributed by atoms with Crippen LogP contribution in [0.15, 0.2) is 36.5 Å². The van der Waals surface area contributed by atoms with Crippen LogP contribution in [0.3, 0.4) is 0 Å². The zero-order chi connectivity index (χ0) is 22.6. The third kappa shape index (κ3) is 5.79. The van der Waals surface area contributed by atoms with Crippen LogP contribution in [-0.4, -0.2) is 57.9 Å². The minimum atomic E-state index is -0.260. The summed E-state index contributed by atoms with van der Waals surface area (Å²) in [5.74, 6) is 1.91. The molecule has 3 N–H and O–H groups in total. The molecular weight excluding hydrogens is 445 g/mol. The molecule has 1 aliphatic heterocycles. The van der Waals surface area contributed by atoms with Gasteiger partial charge in [-0.3, -0.25) is 10.00 Å². The van der Waals surface area contributed by atoms with Gasteiger partial charge in [0.1, 0.15) is 10.8 Å². The number of hydrogen-bond acceptors (Lipinski definition) is 7. The normalized spacial score (nSPS) is 17.6. The Balaban J connectivity index is 1.31. The lowest BCUT2D eigenvalue weighted by molar-refractivity contribution is 0.0368. The van der Waals surface area contributed by atoms with Crippen molar-refractivity contribution in [1.82, 2.24) is 25.1 Å². The van der Waals surface area contributed by atoms with Crippen molar-refractivity contribution in [3.05, 3.63) is 58.6 Å². The largest absolute Gasteiger partial charge is 0.379 e. The maximum atomic E-state index is 13.5. The third-order valence-corrected chi connectivity index (χ3v) is 6.30. The molecule has 3 aromatic rings. The van der Waals surface area contributed by atoms with E-state index in [1.165, 1.54) is 25.0 Å². The Hall–Kier alpha value is -2.75. The van der Waals surface area contributed by atoms with Crippen molar-refractivity contribution in [2.24, 2.45) is 0 Å². The summed E-state index contributed by atoms with van der Waals surface area (Å²) < 4.78 is 19.0. The van der Waals surface area contributed by atoms with E-state index < -0.39 is 0 Å². The monoisotopic (exact) mass is 471 g/mol. The molecule has 3 heterocycles. The van der Waals surface area contributed by atoms with E-state index in [9.17, 15) is 4.39 Å². The fraction of sp³-hybridized carbons (Fsp3) is 0.435. The first kappa shape index (κ1) is 22.1. The molecule has 1 aromatic carbocycles. The number of nitrogens with one attached hydrogen (secondary N) is 3. The van der Waals surface area contributed by atoms with Crippen LogP contribution in [0.2, 0.25) is 5.02 Å². The number of nitrogens with zero attached hydrogens (tertiary/aromatic N) is 4. The van der Waals surface area contributed by atoms with Gasteiger partial charge < -0.3 is 15.4 Å². The van der Waals surface area contributed by atoms with Crippen LogP contribution in [0, 0.1) is 5.82 Å². The SMILES string of the molecule is Fc1ccc([C@H](CCN2CCOCC2)Nc2ncc(Cl)c(Nc3cc(C4CC4)[nH]n3)n2)cc1. The second-order valence-electron chi connectivity index (χ2n) is 8.49. The van der Waals surface area contributed by atoms with Crippen LogP contribution in [0.4, 0.5) is 22.0 Å². The van der Waals surface area contributed by atoms with Gasteiger partial charge in [0.2, 0.25) is 5.95 Å². The number of H-pyrrole nitrogens is 1. The van der Waals surface area contributed by atoms with Crippen LogP contribution in [0.25, 0.3) is 0 Å². The lowest BCUT2D eigenvalue weighted by atomic mass is 10.0. The summed E-state index contributed by atoms with van der Waals surface area (Å²) in [4.78, 5) is 11.3. The number of benzene rings is 1. The van der Waals surface area contributed by atoms with Gasteiger partial charge in [0.05, 0.1) is 25.5 Å². The molecule has 10 heteroatoms. The zero-order valence-electron chi connectivity index (χ0n) is 18.2. The first-order valence-electron chi connectivity index (χ1n) is 11.3. The predicted octanol–water partition coefficient (Wildman–Crippen LogP) is 4.49. The molecule has 0 spiro atoms. The van der Waals surface area contributed by atoms with Gasteiger partial charge in [-0.15, -0.1) is 0 Å². The molecule has 8 nitrogen and oxygen atoms in total. The van der Waals surface area contributed by atoms with Crippen molar-refractivity contribution in [2.45, 2.75) is 31.2 Å². The number of aromatic amines is 1. The van der Waals surface area contributed by atoms with E-state index in [4.69, 9.17) is 16.3 Å². The minimum Gasteiger partial charge on any atom is -0.379 e. The lowest BCUT2D eigenvalue weighted by Crippen LogP contribution is -2.37. The van der Waals surface area contributed by atoms with Crippen LogP contribution < -0.4 is 10.6 Å². The molecule has 0 radical (unpaired) electrons. The molecule has 5 rings (SSSR count). The number of halogens is 2. The standard InChI is InChI=1S/C23H27ClFN7O/c24-18-14-26-23(29-22(18)28-21-13-20(30-31-21)16-1-2-16)27-19(15-3-5-17(25)6-4-15)7-8-32-9-11-33-12-10-32/h3-6,13-14,16,19H,1-2,7-12H2,(H3,26,27,28,29,30,31)/t19-/m0/s1. The van der Waals surface area contributed by atoms with Crippen molar-refractivity contribution in [3.8, 4) is 0 Å². The van der Waals surface area contributed by atoms with Gasteiger partial charge in [-0.05, 0) is 37.0 Å².